The number of carboxylic acids is 4. The molecule has 0 aliphatic heterocycles. The summed E-state index contributed by atoms with van der Waals surface area (Å²) in [5.41, 5.74) is 2.11. The van der Waals surface area contributed by atoms with Gasteiger partial charge < -0.3 is 44.9 Å². The van der Waals surface area contributed by atoms with Crippen molar-refractivity contribution < 1.29 is 163 Å². The molecule has 14 nitrogen and oxygen atoms in total. The van der Waals surface area contributed by atoms with E-state index >= 15 is 0 Å². The first-order chi connectivity index (χ1) is 21.5. The van der Waals surface area contributed by atoms with Crippen molar-refractivity contribution in [2.45, 2.75) is 24.5 Å². The fourth-order valence-corrected chi connectivity index (χ4v) is 5.97. The molecule has 2 heterocycles. The maximum atomic E-state index is 12.4. The van der Waals surface area contributed by atoms with E-state index in [0.29, 0.717) is 22.6 Å². The van der Waals surface area contributed by atoms with Gasteiger partial charge in [-0.15, -0.1) is 0 Å². The number of nitrogens with one attached hydrogen (secondary N) is 1. The number of hydrogen-bond donors (Lipinski definition) is 1. The number of carboxylic acid groups (broad SMARTS) is 4. The molecule has 0 aliphatic carbocycles. The summed E-state index contributed by atoms with van der Waals surface area (Å²) in [7, 11) is 2.98. The molecule has 49 heavy (non-hydrogen) atoms. The van der Waals surface area contributed by atoms with Gasteiger partial charge in [0.05, 0.1) is 35.3 Å². The Hall–Kier alpha value is -0.510. The molecule has 0 unspecified atom stereocenters. The molecule has 20 heteroatoms. The molecule has 3 rings (SSSR count). The Morgan fingerprint density at radius 2 is 1.16 bits per heavy atom. The van der Waals surface area contributed by atoms with Crippen LogP contribution in [0.2, 0.25) is 0 Å². The Labute approximate surface area is 379 Å². The topological polar surface area (TPSA) is 222 Å². The van der Waals surface area contributed by atoms with E-state index in [4.69, 9.17) is 0 Å². The van der Waals surface area contributed by atoms with E-state index in [9.17, 15) is 44.4 Å². The summed E-state index contributed by atoms with van der Waals surface area (Å²) in [6, 6.07) is 15.5. The average molecular weight is 746 g/mol. The molecule has 0 aliphatic rings. The van der Waals surface area contributed by atoms with E-state index in [1.807, 2.05) is 18.2 Å². The second-order valence-electron chi connectivity index (χ2n) is 9.57. The monoisotopic (exact) mass is 745 g/mol. The Morgan fingerprint density at radius 3 is 1.59 bits per heavy atom. The first-order valence-electron chi connectivity index (χ1n) is 13.3. The maximum Gasteiger partial charge on any atom is 1.00 e. The molecular weight excluding hydrogens is 718 g/mol. The van der Waals surface area contributed by atoms with E-state index in [-0.39, 0.29) is 155 Å². The number of anilines is 1. The molecule has 0 fully saturated rings. The van der Waals surface area contributed by atoms with Crippen molar-refractivity contribution in [2.75, 3.05) is 37.2 Å². The van der Waals surface area contributed by atoms with Crippen LogP contribution in [0.15, 0.2) is 65.8 Å². The number of carbonyl (C=O) groups is 5. The van der Waals surface area contributed by atoms with Crippen molar-refractivity contribution >= 4 is 57.1 Å². The predicted molar refractivity (Wildman–Crippen MR) is 156 cm³/mol. The third-order valence-corrected chi connectivity index (χ3v) is 8.08. The number of amides is 1. The quantitative estimate of drug-likeness (QED) is 0.0684. The SMILES string of the molecule is O=C([O-])CN(CC(=O)[O-])Cc1cc(-c2ccc(NC(=O)CCSSc3ccccn3)cc2)cc(CN(CC(=O)[O-])CC(=O)[O-])n1.[Na+].[Na+].[Na+].[Na+]. The van der Waals surface area contributed by atoms with Gasteiger partial charge in [-0.1, -0.05) is 29.0 Å². The van der Waals surface area contributed by atoms with Crippen LogP contribution < -0.4 is 144 Å². The van der Waals surface area contributed by atoms with Gasteiger partial charge in [-0.25, -0.2) is 4.98 Å². The van der Waals surface area contributed by atoms with Crippen LogP contribution in [0.25, 0.3) is 11.1 Å². The van der Waals surface area contributed by atoms with Gasteiger partial charge >= 0.3 is 118 Å². The average Bonchev–Trinajstić information content (AvgIpc) is 2.95. The predicted octanol–water partition coefficient (Wildman–Crippen LogP) is -14.5. The van der Waals surface area contributed by atoms with Gasteiger partial charge in [-0.3, -0.25) is 19.6 Å². The van der Waals surface area contributed by atoms with Crippen LogP contribution >= 0.6 is 21.6 Å². The van der Waals surface area contributed by atoms with Gasteiger partial charge in [0.25, 0.3) is 0 Å². The molecule has 2 aromatic heterocycles. The third-order valence-electron chi connectivity index (χ3n) is 5.81. The van der Waals surface area contributed by atoms with Crippen molar-refractivity contribution in [1.29, 1.82) is 0 Å². The zero-order chi connectivity index (χ0) is 32.8. The summed E-state index contributed by atoms with van der Waals surface area (Å²) in [5.74, 6) is -5.72. The number of pyridine rings is 2. The molecule has 0 bridgehead atoms. The van der Waals surface area contributed by atoms with Crippen LogP contribution in [0.5, 0.6) is 0 Å². The zero-order valence-corrected chi connectivity index (χ0v) is 37.3. The summed E-state index contributed by atoms with van der Waals surface area (Å²) in [5, 5.41) is 48.4. The molecular formula is C29H27N5Na4O9S2. The second-order valence-corrected chi connectivity index (χ2v) is 12.0. The summed E-state index contributed by atoms with van der Waals surface area (Å²) in [6.45, 7) is -3.43. The first kappa shape index (κ1) is 50.6. The second kappa shape index (κ2) is 27.1. The van der Waals surface area contributed by atoms with E-state index in [1.165, 1.54) is 21.6 Å². The number of carbonyl (C=O) groups excluding carboxylic acids is 5. The minimum absolute atomic E-state index is 0. The Kier molecular flexibility index (Phi) is 28.0. The molecule has 1 aromatic carbocycles. The molecule has 0 saturated carbocycles. The molecule has 0 atom stereocenters. The number of aliphatic carboxylic acids is 4. The smallest absolute Gasteiger partial charge is 0.549 e. The van der Waals surface area contributed by atoms with Gasteiger partial charge in [0.1, 0.15) is 5.03 Å². The molecule has 238 valence electrons. The van der Waals surface area contributed by atoms with Crippen LogP contribution in [0.1, 0.15) is 17.8 Å². The standard InChI is InChI=1S/C29H31N5O9S2.4Na/c35-24(8-10-44-45-25-3-1-2-9-30-25)32-21-6-4-19(5-7-21)20-11-22(13-33(15-26(36)37)16-27(38)39)31-23(12-20)14-34(17-28(40)41)18-29(42)43;;;;/h1-7,9,11-12H,8,10,13-18H2,(H,32,35)(H,36,37)(H,38,39)(H,40,41)(H,42,43);;;;/q;4*+1/p-4. The normalized spacial score (nSPS) is 10.1. The third kappa shape index (κ3) is 20.9. The van der Waals surface area contributed by atoms with Gasteiger partial charge in [-0.05, 0) is 58.3 Å². The van der Waals surface area contributed by atoms with Gasteiger partial charge in [0, 0.05) is 63.3 Å². The van der Waals surface area contributed by atoms with Gasteiger partial charge in [0.2, 0.25) is 5.91 Å². The van der Waals surface area contributed by atoms with E-state index in [1.54, 1.807) is 42.6 Å². The fourth-order valence-electron chi connectivity index (χ4n) is 4.10. The van der Waals surface area contributed by atoms with Gasteiger partial charge in [-0.2, -0.15) is 0 Å². The molecule has 1 N–H and O–H groups in total. The number of benzene rings is 1. The van der Waals surface area contributed by atoms with Crippen LogP contribution in [-0.2, 0) is 37.1 Å². The minimum Gasteiger partial charge on any atom is -0.549 e. The first-order valence-corrected chi connectivity index (χ1v) is 15.6. The van der Waals surface area contributed by atoms with Crippen molar-refractivity contribution in [2.24, 2.45) is 0 Å². The van der Waals surface area contributed by atoms with Crippen molar-refractivity contribution in [3.05, 3.63) is 72.2 Å². The number of rotatable bonds is 19. The maximum absolute atomic E-state index is 12.4. The zero-order valence-electron chi connectivity index (χ0n) is 27.7. The Morgan fingerprint density at radius 1 is 0.673 bits per heavy atom. The molecule has 1 amide bonds. The molecule has 0 spiro atoms. The summed E-state index contributed by atoms with van der Waals surface area (Å²) in [6.07, 6.45) is 1.96. The van der Waals surface area contributed by atoms with E-state index < -0.39 is 50.1 Å². The fraction of sp³-hybridized carbons (Fsp3) is 0.276. The summed E-state index contributed by atoms with van der Waals surface area (Å²) < 4.78 is 0. The molecule has 3 aromatic rings. The molecule has 0 saturated heterocycles. The molecule has 0 radical (unpaired) electrons. The Bertz CT molecular complexity index is 1420. The number of nitrogens with zero attached hydrogens (tertiary/aromatic N) is 4. The van der Waals surface area contributed by atoms with Crippen molar-refractivity contribution in [3.8, 4) is 11.1 Å². The largest absolute Gasteiger partial charge is 1.00 e. The van der Waals surface area contributed by atoms with E-state index in [2.05, 4.69) is 15.3 Å². The van der Waals surface area contributed by atoms with Crippen LogP contribution in [-0.4, -0.2) is 81.5 Å². The van der Waals surface area contributed by atoms with Crippen LogP contribution in [0, 0.1) is 0 Å². The summed E-state index contributed by atoms with van der Waals surface area (Å²) in [4.78, 5) is 67.8. The van der Waals surface area contributed by atoms with Crippen LogP contribution in [0.4, 0.5) is 5.69 Å². The number of hydrogen-bond acceptors (Lipinski definition) is 15. The van der Waals surface area contributed by atoms with Gasteiger partial charge in [0.15, 0.2) is 0 Å². The minimum atomic E-state index is -1.52. The Balaban J connectivity index is 0. The van der Waals surface area contributed by atoms with Crippen molar-refractivity contribution in [1.82, 2.24) is 19.8 Å². The summed E-state index contributed by atoms with van der Waals surface area (Å²) >= 11 is 0. The van der Waals surface area contributed by atoms with Crippen LogP contribution in [0.3, 0.4) is 0 Å². The number of aromatic nitrogens is 2. The van der Waals surface area contributed by atoms with E-state index in [0.717, 1.165) is 14.8 Å². The van der Waals surface area contributed by atoms with Crippen molar-refractivity contribution in [3.63, 3.8) is 0 Å².